The molecule has 6 nitrogen and oxygen atoms in total. The molecule has 92 valence electrons. The Hall–Kier alpha value is -0.180. The lowest BCUT2D eigenvalue weighted by Gasteiger charge is -2.01. The summed E-state index contributed by atoms with van der Waals surface area (Å²) in [5.74, 6) is -0.250. The first-order valence-electron chi connectivity index (χ1n) is 4.50. The van der Waals surface area contributed by atoms with Gasteiger partial charge in [0.05, 0.1) is 18.6 Å². The Morgan fingerprint density at radius 1 is 1.00 bits per heavy atom. The Labute approximate surface area is 90.5 Å². The summed E-state index contributed by atoms with van der Waals surface area (Å²) < 4.78 is 54.5. The van der Waals surface area contributed by atoms with Crippen LogP contribution in [0, 0.1) is 0 Å². The van der Waals surface area contributed by atoms with E-state index in [-0.39, 0.29) is 12.4 Å². The number of hydrogen-bond acceptors (Lipinski definition) is 5. The van der Waals surface area contributed by atoms with Crippen LogP contribution in [0.15, 0.2) is 0 Å². The van der Waals surface area contributed by atoms with Crippen molar-refractivity contribution in [1.29, 1.82) is 0 Å². The van der Waals surface area contributed by atoms with E-state index in [1.807, 2.05) is 0 Å². The number of hydrogen-bond donors (Lipinski definition) is 1. The van der Waals surface area contributed by atoms with E-state index in [0.717, 1.165) is 6.26 Å². The largest absolute Gasteiger partial charge is 0.286 e. The lowest BCUT2D eigenvalue weighted by atomic mass is 10.2. The van der Waals surface area contributed by atoms with Gasteiger partial charge >= 0.3 is 0 Å². The van der Waals surface area contributed by atoms with Crippen molar-refractivity contribution in [2.24, 2.45) is 0 Å². The molecule has 0 aliphatic rings. The van der Waals surface area contributed by atoms with Crippen LogP contribution in [0.1, 0.15) is 25.7 Å². The highest BCUT2D eigenvalue weighted by Gasteiger charge is 2.04. The third-order valence-corrected chi connectivity index (χ3v) is 2.99. The van der Waals surface area contributed by atoms with Gasteiger partial charge in [-0.2, -0.15) is 16.8 Å². The van der Waals surface area contributed by atoms with E-state index < -0.39 is 20.2 Å². The normalized spacial score (nSPS) is 12.9. The predicted octanol–water partition coefficient (Wildman–Crippen LogP) is 0.411. The predicted molar refractivity (Wildman–Crippen MR) is 55.7 cm³/mol. The van der Waals surface area contributed by atoms with Crippen molar-refractivity contribution in [1.82, 2.24) is 0 Å². The van der Waals surface area contributed by atoms with Crippen LogP contribution in [0.25, 0.3) is 0 Å². The summed E-state index contributed by atoms with van der Waals surface area (Å²) in [6.07, 6.45) is 3.19. The van der Waals surface area contributed by atoms with Crippen LogP contribution in [-0.4, -0.2) is 40.0 Å². The molecule has 0 radical (unpaired) electrons. The van der Waals surface area contributed by atoms with Gasteiger partial charge in [-0.15, -0.1) is 0 Å². The summed E-state index contributed by atoms with van der Waals surface area (Å²) in [4.78, 5) is 0. The highest BCUT2D eigenvalue weighted by molar-refractivity contribution is 7.86. The van der Waals surface area contributed by atoms with Crippen molar-refractivity contribution in [3.8, 4) is 0 Å². The smallest absolute Gasteiger partial charge is 0.264 e. The second-order valence-corrected chi connectivity index (χ2v) is 6.44. The van der Waals surface area contributed by atoms with Gasteiger partial charge in [-0.25, -0.2) is 0 Å². The van der Waals surface area contributed by atoms with E-state index in [2.05, 4.69) is 4.18 Å². The van der Waals surface area contributed by atoms with Gasteiger partial charge in [-0.3, -0.25) is 8.74 Å². The molecule has 0 unspecified atom stereocenters. The zero-order chi connectivity index (χ0) is 11.9. The van der Waals surface area contributed by atoms with E-state index in [1.54, 1.807) is 0 Å². The van der Waals surface area contributed by atoms with Gasteiger partial charge in [0, 0.05) is 0 Å². The van der Waals surface area contributed by atoms with Gasteiger partial charge in [-0.1, -0.05) is 12.8 Å². The molecule has 0 saturated heterocycles. The maximum Gasteiger partial charge on any atom is 0.264 e. The summed E-state index contributed by atoms with van der Waals surface area (Å²) in [5, 5.41) is 0. The molecule has 0 saturated carbocycles. The Kier molecular flexibility index (Phi) is 6.34. The summed E-state index contributed by atoms with van der Waals surface area (Å²) >= 11 is 0. The molecule has 0 rings (SSSR count). The molecule has 0 aliphatic heterocycles. The molecule has 0 bridgehead atoms. The van der Waals surface area contributed by atoms with Gasteiger partial charge in [-0.05, 0) is 12.8 Å². The molecule has 8 heteroatoms. The lowest BCUT2D eigenvalue weighted by Crippen LogP contribution is -2.05. The maximum absolute atomic E-state index is 10.5. The molecule has 0 heterocycles. The standard InChI is InChI=1S/C7H16O6S2/c1-14(8,9)13-6-4-2-3-5-7-15(10,11)12/h2-7H2,1H3,(H,10,11,12). The van der Waals surface area contributed by atoms with Crippen molar-refractivity contribution in [2.45, 2.75) is 25.7 Å². The molecule has 0 aliphatic carbocycles. The SMILES string of the molecule is CS(=O)(=O)OCCCCCCS(=O)(=O)O. The van der Waals surface area contributed by atoms with Crippen LogP contribution in [0.4, 0.5) is 0 Å². The molecule has 0 aromatic heterocycles. The average Bonchev–Trinajstić information content (AvgIpc) is 1.98. The van der Waals surface area contributed by atoms with Crippen LogP contribution in [-0.2, 0) is 24.4 Å². The van der Waals surface area contributed by atoms with Crippen molar-refractivity contribution >= 4 is 20.2 Å². The van der Waals surface area contributed by atoms with E-state index >= 15 is 0 Å². The first kappa shape index (κ1) is 14.8. The molecular formula is C7H16O6S2. The summed E-state index contributed by atoms with van der Waals surface area (Å²) in [6.45, 7) is 0.116. The van der Waals surface area contributed by atoms with E-state index in [1.165, 1.54) is 0 Å². The van der Waals surface area contributed by atoms with Gasteiger partial charge < -0.3 is 0 Å². The van der Waals surface area contributed by atoms with E-state index in [0.29, 0.717) is 25.7 Å². The molecule has 0 amide bonds. The topological polar surface area (TPSA) is 97.7 Å². The second kappa shape index (κ2) is 6.41. The molecule has 15 heavy (non-hydrogen) atoms. The van der Waals surface area contributed by atoms with Crippen LogP contribution in [0.3, 0.4) is 0 Å². The fourth-order valence-electron chi connectivity index (χ4n) is 0.950. The summed E-state index contributed by atoms with van der Waals surface area (Å²) in [5.41, 5.74) is 0. The van der Waals surface area contributed by atoms with Crippen LogP contribution in [0.2, 0.25) is 0 Å². The first-order chi connectivity index (χ1) is 6.71. The first-order valence-corrected chi connectivity index (χ1v) is 7.93. The highest BCUT2D eigenvalue weighted by Crippen LogP contribution is 2.02. The van der Waals surface area contributed by atoms with Crippen molar-refractivity contribution in [2.75, 3.05) is 18.6 Å². The molecule has 0 aromatic carbocycles. The highest BCUT2D eigenvalue weighted by atomic mass is 32.2. The van der Waals surface area contributed by atoms with Crippen LogP contribution in [0.5, 0.6) is 0 Å². The fourth-order valence-corrected chi connectivity index (χ4v) is 1.94. The average molecular weight is 260 g/mol. The van der Waals surface area contributed by atoms with Gasteiger partial charge in [0.1, 0.15) is 0 Å². The monoisotopic (exact) mass is 260 g/mol. The number of rotatable bonds is 8. The number of unbranched alkanes of at least 4 members (excludes halogenated alkanes) is 3. The fraction of sp³-hybridized carbons (Fsp3) is 1.00. The minimum absolute atomic E-state index is 0.116. The Morgan fingerprint density at radius 2 is 1.53 bits per heavy atom. The van der Waals surface area contributed by atoms with Gasteiger partial charge in [0.15, 0.2) is 0 Å². The quantitative estimate of drug-likeness (QED) is 0.385. The summed E-state index contributed by atoms with van der Waals surface area (Å²) in [7, 11) is -7.24. The third kappa shape index (κ3) is 13.8. The minimum atomic E-state index is -3.87. The van der Waals surface area contributed by atoms with Crippen molar-refractivity contribution < 1.29 is 25.6 Å². The van der Waals surface area contributed by atoms with E-state index in [4.69, 9.17) is 4.55 Å². The van der Waals surface area contributed by atoms with Crippen LogP contribution < -0.4 is 0 Å². The Bertz CT molecular complexity index is 319. The second-order valence-electron chi connectivity index (χ2n) is 3.23. The molecular weight excluding hydrogens is 244 g/mol. The van der Waals surface area contributed by atoms with Crippen molar-refractivity contribution in [3.05, 3.63) is 0 Å². The summed E-state index contributed by atoms with van der Waals surface area (Å²) in [6, 6.07) is 0. The van der Waals surface area contributed by atoms with Crippen molar-refractivity contribution in [3.63, 3.8) is 0 Å². The Morgan fingerprint density at radius 3 is 2.00 bits per heavy atom. The Balaban J connectivity index is 3.34. The molecule has 0 fully saturated rings. The van der Waals surface area contributed by atoms with E-state index in [9.17, 15) is 16.8 Å². The zero-order valence-corrected chi connectivity index (χ0v) is 10.2. The molecule has 0 aromatic rings. The molecule has 0 atom stereocenters. The van der Waals surface area contributed by atoms with Gasteiger partial charge in [0.2, 0.25) is 0 Å². The molecule has 0 spiro atoms. The van der Waals surface area contributed by atoms with Gasteiger partial charge in [0.25, 0.3) is 20.2 Å². The van der Waals surface area contributed by atoms with Crippen LogP contribution >= 0.6 is 0 Å². The lowest BCUT2D eigenvalue weighted by molar-refractivity contribution is 0.310. The third-order valence-electron chi connectivity index (χ3n) is 1.59. The zero-order valence-electron chi connectivity index (χ0n) is 8.55. The minimum Gasteiger partial charge on any atom is -0.286 e. The maximum atomic E-state index is 10.5. The molecule has 1 N–H and O–H groups in total.